The lowest BCUT2D eigenvalue weighted by molar-refractivity contribution is -0.122. The second-order valence-corrected chi connectivity index (χ2v) is 6.83. The summed E-state index contributed by atoms with van der Waals surface area (Å²) in [5, 5.41) is 3.00. The van der Waals surface area contributed by atoms with Gasteiger partial charge in [0.1, 0.15) is 5.75 Å². The fourth-order valence-corrected chi connectivity index (χ4v) is 3.61. The lowest BCUT2D eigenvalue weighted by Crippen LogP contribution is -2.36. The number of nitrogens with two attached hydrogens (primary N) is 1. The third-order valence-corrected chi connectivity index (χ3v) is 5.06. The van der Waals surface area contributed by atoms with Crippen molar-refractivity contribution in [2.45, 2.75) is 12.5 Å². The first-order chi connectivity index (χ1) is 12.7. The van der Waals surface area contributed by atoms with E-state index in [1.54, 1.807) is 7.11 Å². The number of rotatable bonds is 7. The van der Waals surface area contributed by atoms with Gasteiger partial charge in [-0.3, -0.25) is 9.69 Å². The molecule has 0 spiro atoms. The Morgan fingerprint density at radius 1 is 1.15 bits per heavy atom. The molecule has 0 aliphatic carbocycles. The van der Waals surface area contributed by atoms with E-state index in [4.69, 9.17) is 10.5 Å². The highest BCUT2D eigenvalue weighted by Crippen LogP contribution is 2.31. The molecule has 1 saturated heterocycles. The molecule has 5 nitrogen and oxygen atoms in total. The largest absolute Gasteiger partial charge is 0.497 e. The molecule has 1 amide bonds. The molecule has 0 radical (unpaired) electrons. The van der Waals surface area contributed by atoms with Crippen molar-refractivity contribution in [1.82, 2.24) is 10.2 Å². The molecule has 138 valence electrons. The van der Waals surface area contributed by atoms with Gasteiger partial charge in [0.15, 0.2) is 0 Å². The van der Waals surface area contributed by atoms with Crippen molar-refractivity contribution in [3.8, 4) is 5.75 Å². The smallest absolute Gasteiger partial charge is 0.234 e. The Bertz CT molecular complexity index is 703. The van der Waals surface area contributed by atoms with Gasteiger partial charge in [0, 0.05) is 25.6 Å². The molecule has 0 saturated carbocycles. The van der Waals surface area contributed by atoms with Crippen LogP contribution in [0.5, 0.6) is 5.75 Å². The third-order valence-electron chi connectivity index (χ3n) is 5.06. The van der Waals surface area contributed by atoms with Crippen molar-refractivity contribution in [3.05, 3.63) is 65.7 Å². The van der Waals surface area contributed by atoms with Gasteiger partial charge in [0.25, 0.3) is 0 Å². The second-order valence-electron chi connectivity index (χ2n) is 6.83. The Morgan fingerprint density at radius 3 is 2.54 bits per heavy atom. The minimum Gasteiger partial charge on any atom is -0.497 e. The minimum atomic E-state index is 0.0466. The molecule has 3 rings (SSSR count). The van der Waals surface area contributed by atoms with Crippen LogP contribution in [0.3, 0.4) is 0 Å². The maximum atomic E-state index is 12.3. The highest BCUT2D eigenvalue weighted by molar-refractivity contribution is 5.78. The number of hydrogen-bond acceptors (Lipinski definition) is 4. The van der Waals surface area contributed by atoms with E-state index >= 15 is 0 Å². The maximum absolute atomic E-state index is 12.3. The molecule has 1 fully saturated rings. The van der Waals surface area contributed by atoms with Crippen LogP contribution in [0.1, 0.15) is 17.0 Å². The zero-order chi connectivity index (χ0) is 18.4. The molecule has 1 heterocycles. The van der Waals surface area contributed by atoms with E-state index in [-0.39, 0.29) is 5.91 Å². The second kappa shape index (κ2) is 8.83. The summed E-state index contributed by atoms with van der Waals surface area (Å²) >= 11 is 0. The zero-order valence-corrected chi connectivity index (χ0v) is 15.2. The lowest BCUT2D eigenvalue weighted by Gasteiger charge is -2.16. The van der Waals surface area contributed by atoms with E-state index in [1.165, 1.54) is 5.56 Å². The molecule has 26 heavy (non-hydrogen) atoms. The number of hydrogen-bond donors (Lipinski definition) is 2. The summed E-state index contributed by atoms with van der Waals surface area (Å²) in [4.78, 5) is 14.5. The van der Waals surface area contributed by atoms with Gasteiger partial charge in [0.05, 0.1) is 13.7 Å². The number of carbonyl (C=O) groups excluding carboxylic acids is 1. The number of amides is 1. The van der Waals surface area contributed by atoms with Gasteiger partial charge in [-0.1, -0.05) is 42.5 Å². The number of nitrogens with zero attached hydrogens (tertiary/aromatic N) is 1. The maximum Gasteiger partial charge on any atom is 0.234 e. The van der Waals surface area contributed by atoms with E-state index in [0.29, 0.717) is 31.5 Å². The van der Waals surface area contributed by atoms with E-state index in [1.807, 2.05) is 30.3 Å². The standard InChI is InChI=1S/C21H27N3O2/c1-26-19-9-7-16(8-10-19)12-23-21(25)15-24-13-18(11-22)20(14-24)17-5-3-2-4-6-17/h2-10,18,20H,11-15,22H2,1H3,(H,23,25)/t18-,20+/m1/s1. The number of likely N-dealkylation sites (tertiary alicyclic amines) is 1. The van der Waals surface area contributed by atoms with Crippen LogP contribution < -0.4 is 15.8 Å². The summed E-state index contributed by atoms with van der Waals surface area (Å²) in [6, 6.07) is 18.2. The normalized spacial score (nSPS) is 20.1. The fourth-order valence-electron chi connectivity index (χ4n) is 3.61. The number of ether oxygens (including phenoxy) is 1. The molecule has 0 bridgehead atoms. The van der Waals surface area contributed by atoms with E-state index in [2.05, 4.69) is 34.5 Å². The van der Waals surface area contributed by atoms with E-state index in [9.17, 15) is 4.79 Å². The Kier molecular flexibility index (Phi) is 6.26. The number of benzene rings is 2. The highest BCUT2D eigenvalue weighted by Gasteiger charge is 2.33. The predicted molar refractivity (Wildman–Crippen MR) is 103 cm³/mol. The molecule has 1 aliphatic heterocycles. The Labute approximate surface area is 155 Å². The fraction of sp³-hybridized carbons (Fsp3) is 0.381. The average molecular weight is 353 g/mol. The summed E-state index contributed by atoms with van der Waals surface area (Å²) in [6.07, 6.45) is 0. The van der Waals surface area contributed by atoms with E-state index < -0.39 is 0 Å². The molecule has 0 aromatic heterocycles. The van der Waals surface area contributed by atoms with Crippen molar-refractivity contribution in [2.75, 3.05) is 33.3 Å². The highest BCUT2D eigenvalue weighted by atomic mass is 16.5. The number of carbonyl (C=O) groups is 1. The molecular formula is C21H27N3O2. The van der Waals surface area contributed by atoms with Crippen molar-refractivity contribution in [3.63, 3.8) is 0 Å². The Balaban J connectivity index is 1.51. The predicted octanol–water partition coefficient (Wildman–Crippen LogP) is 1.99. The molecule has 2 aromatic rings. The monoisotopic (exact) mass is 353 g/mol. The summed E-state index contributed by atoms with van der Waals surface area (Å²) in [6.45, 7) is 3.33. The molecular weight excluding hydrogens is 326 g/mol. The average Bonchev–Trinajstić information content (AvgIpc) is 3.10. The van der Waals surface area contributed by atoms with Crippen LogP contribution in [0.15, 0.2) is 54.6 Å². The van der Waals surface area contributed by atoms with E-state index in [0.717, 1.165) is 24.4 Å². The molecule has 3 N–H and O–H groups in total. The zero-order valence-electron chi connectivity index (χ0n) is 15.2. The minimum absolute atomic E-state index is 0.0466. The van der Waals surface area contributed by atoms with Crippen LogP contribution in [0.25, 0.3) is 0 Å². The first kappa shape index (κ1) is 18.4. The van der Waals surface area contributed by atoms with Crippen LogP contribution in [0.2, 0.25) is 0 Å². The van der Waals surface area contributed by atoms with Gasteiger partial charge in [-0.05, 0) is 35.7 Å². The number of nitrogens with one attached hydrogen (secondary N) is 1. The quantitative estimate of drug-likeness (QED) is 0.799. The summed E-state index contributed by atoms with van der Waals surface area (Å²) < 4.78 is 5.15. The summed E-state index contributed by atoms with van der Waals surface area (Å²) in [5.41, 5.74) is 8.34. The van der Waals surface area contributed by atoms with Crippen molar-refractivity contribution in [1.29, 1.82) is 0 Å². The lowest BCUT2D eigenvalue weighted by atomic mass is 9.89. The van der Waals surface area contributed by atoms with Gasteiger partial charge >= 0.3 is 0 Å². The van der Waals surface area contributed by atoms with Crippen LogP contribution in [0, 0.1) is 5.92 Å². The summed E-state index contributed by atoms with van der Waals surface area (Å²) in [7, 11) is 1.64. The van der Waals surface area contributed by atoms with Gasteiger partial charge in [-0.2, -0.15) is 0 Å². The van der Waals surface area contributed by atoms with Crippen molar-refractivity contribution >= 4 is 5.91 Å². The Hall–Kier alpha value is -2.37. The van der Waals surface area contributed by atoms with Gasteiger partial charge in [-0.15, -0.1) is 0 Å². The van der Waals surface area contributed by atoms with Gasteiger partial charge in [-0.25, -0.2) is 0 Å². The molecule has 2 aromatic carbocycles. The first-order valence-corrected chi connectivity index (χ1v) is 9.06. The molecule has 5 heteroatoms. The van der Waals surface area contributed by atoms with Crippen LogP contribution >= 0.6 is 0 Å². The Morgan fingerprint density at radius 2 is 1.88 bits per heavy atom. The van der Waals surface area contributed by atoms with Crippen LogP contribution in [0.4, 0.5) is 0 Å². The molecule has 2 atom stereocenters. The number of methoxy groups -OCH3 is 1. The van der Waals surface area contributed by atoms with Crippen molar-refractivity contribution in [2.24, 2.45) is 11.7 Å². The van der Waals surface area contributed by atoms with Gasteiger partial charge in [0.2, 0.25) is 5.91 Å². The topological polar surface area (TPSA) is 67.6 Å². The van der Waals surface area contributed by atoms with Crippen LogP contribution in [-0.2, 0) is 11.3 Å². The van der Waals surface area contributed by atoms with Gasteiger partial charge < -0.3 is 15.8 Å². The first-order valence-electron chi connectivity index (χ1n) is 9.06. The van der Waals surface area contributed by atoms with Crippen LogP contribution in [-0.4, -0.2) is 44.1 Å². The summed E-state index contributed by atoms with van der Waals surface area (Å²) in [5.74, 6) is 1.66. The van der Waals surface area contributed by atoms with Crippen molar-refractivity contribution < 1.29 is 9.53 Å². The molecule has 1 aliphatic rings. The molecule has 0 unspecified atom stereocenters. The SMILES string of the molecule is COc1ccc(CNC(=O)CN2C[C@@H](CN)[C@H](c3ccccc3)C2)cc1. The third kappa shape index (κ3) is 4.62.